The van der Waals surface area contributed by atoms with Crippen LogP contribution in [0.15, 0.2) is 12.2 Å². The van der Waals surface area contributed by atoms with Gasteiger partial charge in [-0.25, -0.2) is 4.39 Å². The second-order valence-corrected chi connectivity index (χ2v) is 2.92. The molecule has 1 saturated carbocycles. The van der Waals surface area contributed by atoms with E-state index >= 15 is 0 Å². The Morgan fingerprint density at radius 3 is 2.64 bits per heavy atom. The van der Waals surface area contributed by atoms with Crippen molar-refractivity contribution in [3.63, 3.8) is 0 Å². The third kappa shape index (κ3) is 1.15. The Labute approximate surface area is 65.0 Å². The fourth-order valence-electron chi connectivity index (χ4n) is 1.12. The molecule has 0 unspecified atom stereocenters. The molecule has 0 amide bonds. The normalized spacial score (nSPS) is 34.6. The van der Waals surface area contributed by atoms with Crippen LogP contribution in [-0.4, -0.2) is 18.7 Å². The molecule has 0 aromatic rings. The van der Waals surface area contributed by atoms with E-state index in [-0.39, 0.29) is 6.42 Å². The molecule has 0 saturated heterocycles. The number of carbonyl (C=O) groups is 1. The molecule has 0 heterocycles. The summed E-state index contributed by atoms with van der Waals surface area (Å²) in [7, 11) is 1.26. The van der Waals surface area contributed by atoms with Crippen LogP contribution in [0.3, 0.4) is 0 Å². The highest BCUT2D eigenvalue weighted by Crippen LogP contribution is 2.52. The largest absolute Gasteiger partial charge is 0.469 e. The van der Waals surface area contributed by atoms with E-state index in [4.69, 9.17) is 0 Å². The number of carbonyl (C=O) groups excluding carboxylic acids is 1. The second kappa shape index (κ2) is 2.32. The van der Waals surface area contributed by atoms with E-state index < -0.39 is 17.6 Å². The molecule has 11 heavy (non-hydrogen) atoms. The van der Waals surface area contributed by atoms with Gasteiger partial charge in [0.25, 0.3) is 0 Å². The minimum atomic E-state index is -1.48. The summed E-state index contributed by atoms with van der Waals surface area (Å²) in [6, 6.07) is 0. The van der Waals surface area contributed by atoms with Gasteiger partial charge >= 0.3 is 5.97 Å². The average molecular weight is 158 g/mol. The molecule has 1 fully saturated rings. The van der Waals surface area contributed by atoms with Crippen LogP contribution in [0.5, 0.6) is 0 Å². The number of rotatable bonds is 2. The molecular weight excluding hydrogens is 147 g/mol. The van der Waals surface area contributed by atoms with Crippen LogP contribution >= 0.6 is 0 Å². The Bertz CT molecular complexity index is 212. The topological polar surface area (TPSA) is 26.3 Å². The van der Waals surface area contributed by atoms with Crippen LogP contribution in [0.25, 0.3) is 0 Å². The average Bonchev–Trinajstić information content (AvgIpc) is 2.63. The summed E-state index contributed by atoms with van der Waals surface area (Å²) in [6.07, 6.45) is 0.231. The summed E-state index contributed by atoms with van der Waals surface area (Å²) in [5.41, 5.74) is -1.07. The maximum atomic E-state index is 13.3. The fraction of sp³-hybridized carbons (Fsp3) is 0.625. The highest BCUT2D eigenvalue weighted by molar-refractivity contribution is 5.78. The van der Waals surface area contributed by atoms with Gasteiger partial charge in [-0.05, 0) is 12.5 Å². The number of hydrogen-bond donors (Lipinski definition) is 0. The number of methoxy groups -OCH3 is 1. The highest BCUT2D eigenvalue weighted by atomic mass is 19.1. The minimum Gasteiger partial charge on any atom is -0.469 e. The first kappa shape index (κ1) is 8.24. The summed E-state index contributed by atoms with van der Waals surface area (Å²) in [5.74, 6) is -1.08. The Morgan fingerprint density at radius 1 is 1.82 bits per heavy atom. The van der Waals surface area contributed by atoms with Gasteiger partial charge in [-0.1, -0.05) is 6.58 Å². The summed E-state index contributed by atoms with van der Waals surface area (Å²) < 4.78 is 17.7. The van der Waals surface area contributed by atoms with Crippen LogP contribution in [0, 0.1) is 5.92 Å². The molecule has 1 aliphatic rings. The van der Waals surface area contributed by atoms with Gasteiger partial charge in [0.15, 0.2) is 0 Å². The lowest BCUT2D eigenvalue weighted by atomic mass is 10.1. The number of alkyl halides is 1. The lowest BCUT2D eigenvalue weighted by Gasteiger charge is -2.04. The standard InChI is InChI=1S/C8H11FO2/c1-5(2)8(9)4-6(8)7(10)11-3/h6H,1,4H2,2-3H3/t6-,8-/m1/s1. The van der Waals surface area contributed by atoms with E-state index in [1.165, 1.54) is 7.11 Å². The molecule has 0 aromatic heterocycles. The van der Waals surface area contributed by atoms with Crippen molar-refractivity contribution in [1.29, 1.82) is 0 Å². The summed E-state index contributed by atoms with van der Waals surface area (Å²) in [5, 5.41) is 0. The molecule has 2 nitrogen and oxygen atoms in total. The molecule has 0 radical (unpaired) electrons. The Morgan fingerprint density at radius 2 is 2.36 bits per heavy atom. The molecule has 2 atom stereocenters. The SMILES string of the molecule is C=C(C)[C@]1(F)C[C@@H]1C(=O)OC. The zero-order chi connectivity index (χ0) is 8.65. The van der Waals surface area contributed by atoms with Crippen molar-refractivity contribution < 1.29 is 13.9 Å². The van der Waals surface area contributed by atoms with Crippen LogP contribution in [0.2, 0.25) is 0 Å². The van der Waals surface area contributed by atoms with E-state index in [9.17, 15) is 9.18 Å². The number of hydrogen-bond acceptors (Lipinski definition) is 2. The Hall–Kier alpha value is -0.860. The maximum Gasteiger partial charge on any atom is 0.312 e. The van der Waals surface area contributed by atoms with E-state index in [1.54, 1.807) is 6.92 Å². The maximum absolute atomic E-state index is 13.3. The summed E-state index contributed by atoms with van der Waals surface area (Å²) in [4.78, 5) is 10.8. The second-order valence-electron chi connectivity index (χ2n) is 2.92. The van der Waals surface area contributed by atoms with Crippen LogP contribution in [0.4, 0.5) is 4.39 Å². The van der Waals surface area contributed by atoms with Gasteiger partial charge in [0, 0.05) is 6.42 Å². The van der Waals surface area contributed by atoms with Gasteiger partial charge in [-0.3, -0.25) is 4.79 Å². The molecule has 0 aromatic carbocycles. The molecule has 0 spiro atoms. The highest BCUT2D eigenvalue weighted by Gasteiger charge is 2.61. The summed E-state index contributed by atoms with van der Waals surface area (Å²) in [6.45, 7) is 5.06. The van der Waals surface area contributed by atoms with Crippen molar-refractivity contribution in [1.82, 2.24) is 0 Å². The molecule has 1 aliphatic carbocycles. The van der Waals surface area contributed by atoms with Crippen molar-refractivity contribution in [3.05, 3.63) is 12.2 Å². The first-order valence-electron chi connectivity index (χ1n) is 3.45. The predicted molar refractivity (Wildman–Crippen MR) is 38.8 cm³/mol. The van der Waals surface area contributed by atoms with Crippen molar-refractivity contribution in [2.24, 2.45) is 5.92 Å². The zero-order valence-corrected chi connectivity index (χ0v) is 6.69. The van der Waals surface area contributed by atoms with Crippen molar-refractivity contribution in [2.45, 2.75) is 19.0 Å². The third-order valence-corrected chi connectivity index (χ3v) is 2.09. The lowest BCUT2D eigenvalue weighted by molar-refractivity contribution is -0.143. The quantitative estimate of drug-likeness (QED) is 0.449. The van der Waals surface area contributed by atoms with Gasteiger partial charge < -0.3 is 4.74 Å². The molecule has 62 valence electrons. The third-order valence-electron chi connectivity index (χ3n) is 2.09. The fourth-order valence-corrected chi connectivity index (χ4v) is 1.12. The van der Waals surface area contributed by atoms with Crippen LogP contribution < -0.4 is 0 Å². The van der Waals surface area contributed by atoms with Gasteiger partial charge in [0.2, 0.25) is 0 Å². The van der Waals surface area contributed by atoms with Crippen molar-refractivity contribution in [3.8, 4) is 0 Å². The minimum absolute atomic E-state index is 0.231. The van der Waals surface area contributed by atoms with E-state index in [1.807, 2.05) is 0 Å². The van der Waals surface area contributed by atoms with Gasteiger partial charge in [0.1, 0.15) is 5.67 Å². The predicted octanol–water partition coefficient (Wildman–Crippen LogP) is 1.46. The lowest BCUT2D eigenvalue weighted by Crippen LogP contribution is -2.13. The van der Waals surface area contributed by atoms with Crippen molar-refractivity contribution in [2.75, 3.05) is 7.11 Å². The monoisotopic (exact) mass is 158 g/mol. The number of ether oxygens (including phenoxy) is 1. The Balaban J connectivity index is 2.60. The van der Waals surface area contributed by atoms with Gasteiger partial charge in [0.05, 0.1) is 13.0 Å². The van der Waals surface area contributed by atoms with Gasteiger partial charge in [-0.15, -0.1) is 0 Å². The molecule has 1 rings (SSSR count). The number of esters is 1. The number of allylic oxidation sites excluding steroid dienone is 1. The summed E-state index contributed by atoms with van der Waals surface area (Å²) >= 11 is 0. The van der Waals surface area contributed by atoms with Gasteiger partial charge in [-0.2, -0.15) is 0 Å². The van der Waals surface area contributed by atoms with Crippen LogP contribution in [0.1, 0.15) is 13.3 Å². The van der Waals surface area contributed by atoms with Crippen molar-refractivity contribution >= 4 is 5.97 Å². The smallest absolute Gasteiger partial charge is 0.312 e. The molecule has 3 heteroatoms. The first-order valence-corrected chi connectivity index (χ1v) is 3.45. The van der Waals surface area contributed by atoms with E-state index in [2.05, 4.69) is 11.3 Å². The van der Waals surface area contributed by atoms with E-state index in [0.29, 0.717) is 5.57 Å². The van der Waals surface area contributed by atoms with E-state index in [0.717, 1.165) is 0 Å². The molecule has 0 bridgehead atoms. The van der Waals surface area contributed by atoms with Crippen LogP contribution in [-0.2, 0) is 9.53 Å². The zero-order valence-electron chi connectivity index (χ0n) is 6.69. The molecule has 0 aliphatic heterocycles. The molecule has 0 N–H and O–H groups in total. The number of halogens is 1. The molecular formula is C8H11FO2. The Kier molecular flexibility index (Phi) is 1.74. The first-order chi connectivity index (χ1) is 5.02.